The van der Waals surface area contributed by atoms with E-state index in [0.717, 1.165) is 11.4 Å². The largest absolute Gasteiger partial charge is 0.348 e. The molecule has 0 spiro atoms. The Labute approximate surface area is 87.5 Å². The van der Waals surface area contributed by atoms with Crippen molar-refractivity contribution in [3.8, 4) is 0 Å². The zero-order chi connectivity index (χ0) is 10.6. The maximum atomic E-state index is 11.1. The van der Waals surface area contributed by atoms with E-state index in [1.165, 1.54) is 4.88 Å². The minimum Gasteiger partial charge on any atom is -0.348 e. The van der Waals surface area contributed by atoms with Gasteiger partial charge in [-0.15, -0.1) is 11.3 Å². The van der Waals surface area contributed by atoms with Gasteiger partial charge >= 0.3 is 0 Å². The summed E-state index contributed by atoms with van der Waals surface area (Å²) in [5.74, 6) is -0.141. The number of rotatable bonds is 4. The highest BCUT2D eigenvalue weighted by Crippen LogP contribution is 2.12. The van der Waals surface area contributed by atoms with Crippen LogP contribution in [0.5, 0.6) is 0 Å². The van der Waals surface area contributed by atoms with Crippen LogP contribution < -0.4 is 11.1 Å². The van der Waals surface area contributed by atoms with Gasteiger partial charge in [0.25, 0.3) is 0 Å². The standard InChI is InChI=1S/C9H15N3OS/c1-3-7-4-11-8(14-7)5-12-9(13)6(2)10/h4,6H,3,5,10H2,1-2H3,(H,12,13)/t6-/m1/s1. The third-order valence-corrected chi connectivity index (χ3v) is 2.92. The second kappa shape index (κ2) is 5.07. The minimum absolute atomic E-state index is 0.141. The van der Waals surface area contributed by atoms with Crippen LogP contribution in [0.1, 0.15) is 23.7 Å². The Morgan fingerprint density at radius 1 is 1.79 bits per heavy atom. The molecule has 0 aliphatic heterocycles. The Bertz CT molecular complexity index is 309. The molecule has 0 saturated heterocycles. The molecule has 0 unspecified atom stereocenters. The van der Waals surface area contributed by atoms with Crippen molar-refractivity contribution >= 4 is 17.2 Å². The number of thiazole rings is 1. The SMILES string of the molecule is CCc1cnc(CNC(=O)[C@@H](C)N)s1. The summed E-state index contributed by atoms with van der Waals surface area (Å²) in [6.45, 7) is 4.22. The Morgan fingerprint density at radius 3 is 3.00 bits per heavy atom. The molecule has 0 radical (unpaired) electrons. The van der Waals surface area contributed by atoms with Crippen LogP contribution >= 0.6 is 11.3 Å². The molecule has 1 aromatic heterocycles. The van der Waals surface area contributed by atoms with E-state index in [2.05, 4.69) is 17.2 Å². The van der Waals surface area contributed by atoms with Gasteiger partial charge in [0, 0.05) is 11.1 Å². The van der Waals surface area contributed by atoms with E-state index in [4.69, 9.17) is 5.73 Å². The molecule has 0 aromatic carbocycles. The second-order valence-electron chi connectivity index (χ2n) is 3.08. The first kappa shape index (κ1) is 11.1. The Morgan fingerprint density at radius 2 is 2.50 bits per heavy atom. The molecule has 1 heterocycles. The van der Waals surface area contributed by atoms with Gasteiger partial charge in [0.2, 0.25) is 5.91 Å². The highest BCUT2D eigenvalue weighted by atomic mass is 32.1. The number of hydrogen-bond acceptors (Lipinski definition) is 4. The molecule has 0 aliphatic carbocycles. The zero-order valence-electron chi connectivity index (χ0n) is 8.41. The lowest BCUT2D eigenvalue weighted by Gasteiger charge is -2.04. The van der Waals surface area contributed by atoms with Crippen LogP contribution in [0.15, 0.2) is 6.20 Å². The average molecular weight is 213 g/mol. The van der Waals surface area contributed by atoms with Crippen molar-refractivity contribution in [1.29, 1.82) is 0 Å². The first-order valence-corrected chi connectivity index (χ1v) is 5.42. The van der Waals surface area contributed by atoms with E-state index in [9.17, 15) is 4.79 Å². The number of nitrogens with two attached hydrogens (primary N) is 1. The van der Waals surface area contributed by atoms with Gasteiger partial charge in [-0.25, -0.2) is 4.98 Å². The normalized spacial score (nSPS) is 12.5. The van der Waals surface area contributed by atoms with Gasteiger partial charge in [-0.05, 0) is 13.3 Å². The van der Waals surface area contributed by atoms with E-state index in [0.29, 0.717) is 6.54 Å². The van der Waals surface area contributed by atoms with Gasteiger partial charge in [-0.3, -0.25) is 4.79 Å². The summed E-state index contributed by atoms with van der Waals surface area (Å²) in [6.07, 6.45) is 2.83. The number of nitrogens with one attached hydrogen (secondary N) is 1. The van der Waals surface area contributed by atoms with Crippen LogP contribution in [0.2, 0.25) is 0 Å². The number of aryl methyl sites for hydroxylation is 1. The Kier molecular flexibility index (Phi) is 4.03. The first-order chi connectivity index (χ1) is 6.63. The molecule has 4 nitrogen and oxygen atoms in total. The predicted molar refractivity (Wildman–Crippen MR) is 57.0 cm³/mol. The third-order valence-electron chi connectivity index (χ3n) is 1.78. The lowest BCUT2D eigenvalue weighted by molar-refractivity contribution is -0.122. The molecule has 14 heavy (non-hydrogen) atoms. The number of amides is 1. The Balaban J connectivity index is 2.41. The van der Waals surface area contributed by atoms with Crippen LogP contribution in [0, 0.1) is 0 Å². The average Bonchev–Trinajstić information content (AvgIpc) is 2.61. The molecule has 0 aliphatic rings. The van der Waals surface area contributed by atoms with Crippen molar-refractivity contribution in [1.82, 2.24) is 10.3 Å². The van der Waals surface area contributed by atoms with Crippen molar-refractivity contribution in [3.63, 3.8) is 0 Å². The monoisotopic (exact) mass is 213 g/mol. The molecule has 1 rings (SSSR count). The van der Waals surface area contributed by atoms with Gasteiger partial charge in [0.05, 0.1) is 12.6 Å². The van der Waals surface area contributed by atoms with Gasteiger partial charge in [-0.1, -0.05) is 6.92 Å². The number of aromatic nitrogens is 1. The van der Waals surface area contributed by atoms with Gasteiger partial charge < -0.3 is 11.1 Å². The summed E-state index contributed by atoms with van der Waals surface area (Å²) in [6, 6.07) is -0.458. The number of carbonyl (C=O) groups is 1. The minimum atomic E-state index is -0.458. The predicted octanol–water partition coefficient (Wildman–Crippen LogP) is 0.669. The van der Waals surface area contributed by atoms with E-state index >= 15 is 0 Å². The van der Waals surface area contributed by atoms with Crippen LogP contribution in [-0.4, -0.2) is 16.9 Å². The molecule has 0 fully saturated rings. The molecule has 1 atom stereocenters. The van der Waals surface area contributed by atoms with E-state index < -0.39 is 6.04 Å². The molecule has 5 heteroatoms. The van der Waals surface area contributed by atoms with Gasteiger partial charge in [0.15, 0.2) is 0 Å². The van der Waals surface area contributed by atoms with Gasteiger partial charge in [0.1, 0.15) is 5.01 Å². The van der Waals surface area contributed by atoms with Crippen molar-refractivity contribution in [3.05, 3.63) is 16.1 Å². The van der Waals surface area contributed by atoms with Crippen LogP contribution in [-0.2, 0) is 17.8 Å². The highest BCUT2D eigenvalue weighted by Gasteiger charge is 2.07. The van der Waals surface area contributed by atoms with Crippen LogP contribution in [0.4, 0.5) is 0 Å². The number of nitrogens with zero attached hydrogens (tertiary/aromatic N) is 1. The second-order valence-corrected chi connectivity index (χ2v) is 4.28. The maximum absolute atomic E-state index is 11.1. The molecule has 1 aromatic rings. The van der Waals surface area contributed by atoms with Crippen LogP contribution in [0.25, 0.3) is 0 Å². The molecule has 3 N–H and O–H groups in total. The van der Waals surface area contributed by atoms with Crippen LogP contribution in [0.3, 0.4) is 0 Å². The summed E-state index contributed by atoms with van der Waals surface area (Å²) in [7, 11) is 0. The van der Waals surface area contributed by atoms with E-state index in [1.54, 1.807) is 18.3 Å². The fourth-order valence-electron chi connectivity index (χ4n) is 0.917. The Hall–Kier alpha value is -0.940. The maximum Gasteiger partial charge on any atom is 0.236 e. The quantitative estimate of drug-likeness (QED) is 0.772. The summed E-state index contributed by atoms with van der Waals surface area (Å²) in [5, 5.41) is 3.65. The number of hydrogen-bond donors (Lipinski definition) is 2. The van der Waals surface area contributed by atoms with E-state index in [-0.39, 0.29) is 5.91 Å². The zero-order valence-corrected chi connectivity index (χ0v) is 9.23. The van der Waals surface area contributed by atoms with Gasteiger partial charge in [-0.2, -0.15) is 0 Å². The first-order valence-electron chi connectivity index (χ1n) is 4.60. The van der Waals surface area contributed by atoms with Crippen molar-refractivity contribution in [2.45, 2.75) is 32.9 Å². The van der Waals surface area contributed by atoms with E-state index in [1.807, 2.05) is 6.20 Å². The summed E-state index contributed by atoms with van der Waals surface area (Å²) in [5.41, 5.74) is 5.40. The lowest BCUT2D eigenvalue weighted by Crippen LogP contribution is -2.37. The highest BCUT2D eigenvalue weighted by molar-refractivity contribution is 7.11. The fraction of sp³-hybridized carbons (Fsp3) is 0.556. The van der Waals surface area contributed by atoms with Crippen molar-refractivity contribution < 1.29 is 4.79 Å². The smallest absolute Gasteiger partial charge is 0.236 e. The van der Waals surface area contributed by atoms with Crippen molar-refractivity contribution in [2.75, 3.05) is 0 Å². The van der Waals surface area contributed by atoms with Crippen molar-refractivity contribution in [2.24, 2.45) is 5.73 Å². The summed E-state index contributed by atoms with van der Waals surface area (Å²) >= 11 is 1.62. The molecular formula is C9H15N3OS. The lowest BCUT2D eigenvalue weighted by atomic mass is 10.3. The summed E-state index contributed by atoms with van der Waals surface area (Å²) in [4.78, 5) is 16.5. The molecule has 0 bridgehead atoms. The molecular weight excluding hydrogens is 198 g/mol. The molecule has 1 amide bonds. The molecule has 78 valence electrons. The molecule has 0 saturated carbocycles. The topological polar surface area (TPSA) is 68.0 Å². The summed E-state index contributed by atoms with van der Waals surface area (Å²) < 4.78 is 0. The third kappa shape index (κ3) is 3.08. The number of carbonyl (C=O) groups excluding carboxylic acids is 1. The fourth-order valence-corrected chi connectivity index (χ4v) is 1.72.